The Labute approximate surface area is 119 Å². The van der Waals surface area contributed by atoms with Crippen LogP contribution in [-0.2, 0) is 10.0 Å². The summed E-state index contributed by atoms with van der Waals surface area (Å²) in [5.74, 6) is 0.0296. The molecule has 0 radical (unpaired) electrons. The topological polar surface area (TPSA) is 66.4 Å². The lowest BCUT2D eigenvalue weighted by Crippen LogP contribution is -2.44. The average molecular weight is 305 g/mol. The van der Waals surface area contributed by atoms with Crippen LogP contribution in [0, 0.1) is 19.8 Å². The highest BCUT2D eigenvalue weighted by Crippen LogP contribution is 2.25. The Hall–Kier alpha value is -0.430. The fourth-order valence-electron chi connectivity index (χ4n) is 1.60. The summed E-state index contributed by atoms with van der Waals surface area (Å²) in [5, 5.41) is 10.2. The van der Waals surface area contributed by atoms with Crippen LogP contribution in [0.15, 0.2) is 10.3 Å². The van der Waals surface area contributed by atoms with E-state index in [2.05, 4.69) is 4.72 Å². The molecule has 1 aromatic heterocycles. The van der Waals surface area contributed by atoms with Gasteiger partial charge in [0.2, 0.25) is 10.0 Å². The predicted octanol–water partition coefficient (Wildman–Crippen LogP) is 2.44. The van der Waals surface area contributed by atoms with Crippen molar-refractivity contribution in [1.82, 2.24) is 4.72 Å². The lowest BCUT2D eigenvalue weighted by atomic mass is 9.89. The molecule has 0 saturated heterocycles. The molecule has 2 atom stereocenters. The van der Waals surface area contributed by atoms with Gasteiger partial charge in [-0.2, -0.15) is 0 Å². The van der Waals surface area contributed by atoms with E-state index in [1.807, 2.05) is 27.7 Å². The van der Waals surface area contributed by atoms with E-state index in [1.165, 1.54) is 11.3 Å². The molecule has 110 valence electrons. The van der Waals surface area contributed by atoms with Gasteiger partial charge in [0.25, 0.3) is 0 Å². The number of aryl methyl sites for hydroxylation is 2. The van der Waals surface area contributed by atoms with Crippen LogP contribution in [0.1, 0.15) is 37.6 Å². The molecule has 0 aliphatic heterocycles. The van der Waals surface area contributed by atoms with Crippen molar-refractivity contribution in [2.45, 2.75) is 50.8 Å². The summed E-state index contributed by atoms with van der Waals surface area (Å²) in [6.07, 6.45) is 0.798. The Morgan fingerprint density at radius 2 is 2.05 bits per heavy atom. The number of nitrogens with one attached hydrogen (secondary N) is 1. The van der Waals surface area contributed by atoms with E-state index in [0.717, 1.165) is 16.9 Å². The Balaban J connectivity index is 2.82. The third-order valence-corrected chi connectivity index (χ3v) is 6.73. The van der Waals surface area contributed by atoms with Crippen LogP contribution in [0.4, 0.5) is 0 Å². The summed E-state index contributed by atoms with van der Waals surface area (Å²) in [4.78, 5) is 0.995. The molecule has 0 amide bonds. The van der Waals surface area contributed by atoms with E-state index in [4.69, 9.17) is 0 Å². The van der Waals surface area contributed by atoms with E-state index in [0.29, 0.717) is 4.21 Å². The first-order chi connectivity index (χ1) is 8.60. The molecule has 0 saturated carbocycles. The molecule has 4 nitrogen and oxygen atoms in total. The molecule has 0 bridgehead atoms. The Morgan fingerprint density at radius 3 is 2.47 bits per heavy atom. The molecule has 1 heterocycles. The summed E-state index contributed by atoms with van der Waals surface area (Å²) >= 11 is 1.25. The van der Waals surface area contributed by atoms with Crippen LogP contribution in [0.2, 0.25) is 0 Å². The van der Waals surface area contributed by atoms with Crippen molar-refractivity contribution in [3.05, 3.63) is 16.5 Å². The third kappa shape index (κ3) is 4.02. The van der Waals surface area contributed by atoms with E-state index in [1.54, 1.807) is 13.0 Å². The van der Waals surface area contributed by atoms with Gasteiger partial charge in [0.15, 0.2) is 0 Å². The number of thiophene rings is 1. The average Bonchev–Trinajstić information content (AvgIpc) is 2.67. The summed E-state index contributed by atoms with van der Waals surface area (Å²) < 4.78 is 27.1. The summed E-state index contributed by atoms with van der Waals surface area (Å²) in [7, 11) is -3.53. The SMILES string of the molecule is CCC(C)C(C)(O)CNS(=O)(=O)c1cc(C)c(C)s1. The zero-order chi connectivity index (χ0) is 14.8. The molecule has 2 N–H and O–H groups in total. The maximum atomic E-state index is 12.1. The largest absolute Gasteiger partial charge is 0.389 e. The summed E-state index contributed by atoms with van der Waals surface area (Å²) in [6.45, 7) is 9.36. The lowest BCUT2D eigenvalue weighted by Gasteiger charge is -2.29. The van der Waals surface area contributed by atoms with Crippen molar-refractivity contribution in [1.29, 1.82) is 0 Å². The third-order valence-electron chi connectivity index (χ3n) is 3.70. The van der Waals surface area contributed by atoms with E-state index >= 15 is 0 Å². The molecule has 2 unspecified atom stereocenters. The van der Waals surface area contributed by atoms with Gasteiger partial charge in [-0.15, -0.1) is 11.3 Å². The number of rotatable bonds is 6. The maximum Gasteiger partial charge on any atom is 0.250 e. The van der Waals surface area contributed by atoms with Gasteiger partial charge in [-0.25, -0.2) is 13.1 Å². The molecule has 1 aromatic rings. The quantitative estimate of drug-likeness (QED) is 0.848. The van der Waals surface area contributed by atoms with Gasteiger partial charge in [-0.05, 0) is 38.3 Å². The van der Waals surface area contributed by atoms with Crippen LogP contribution >= 0.6 is 11.3 Å². The first-order valence-electron chi connectivity index (χ1n) is 6.39. The zero-order valence-electron chi connectivity index (χ0n) is 12.1. The Kier molecular flexibility index (Phi) is 5.17. The summed E-state index contributed by atoms with van der Waals surface area (Å²) in [6, 6.07) is 1.67. The number of sulfonamides is 1. The van der Waals surface area contributed by atoms with Gasteiger partial charge in [-0.1, -0.05) is 20.3 Å². The maximum absolute atomic E-state index is 12.1. The fraction of sp³-hybridized carbons (Fsp3) is 0.692. The minimum absolute atomic E-state index is 0.0281. The van der Waals surface area contributed by atoms with Crippen molar-refractivity contribution in [3.8, 4) is 0 Å². The molecule has 1 rings (SSSR count). The first-order valence-corrected chi connectivity index (χ1v) is 8.69. The molecule has 0 spiro atoms. The minimum Gasteiger partial charge on any atom is -0.389 e. The van der Waals surface area contributed by atoms with Gasteiger partial charge in [0, 0.05) is 11.4 Å². The molecule has 0 aliphatic rings. The van der Waals surface area contributed by atoms with Crippen LogP contribution in [0.25, 0.3) is 0 Å². The van der Waals surface area contributed by atoms with Gasteiger partial charge in [-0.3, -0.25) is 0 Å². The molecule has 6 heteroatoms. The highest BCUT2D eigenvalue weighted by molar-refractivity contribution is 7.91. The van der Waals surface area contributed by atoms with Crippen molar-refractivity contribution < 1.29 is 13.5 Å². The van der Waals surface area contributed by atoms with Crippen LogP contribution in [-0.4, -0.2) is 25.7 Å². The van der Waals surface area contributed by atoms with Crippen molar-refractivity contribution in [2.75, 3.05) is 6.54 Å². The first kappa shape index (κ1) is 16.6. The number of hydrogen-bond donors (Lipinski definition) is 2. The normalized spacial score (nSPS) is 17.2. The second kappa shape index (κ2) is 5.91. The Morgan fingerprint density at radius 1 is 1.47 bits per heavy atom. The van der Waals surface area contributed by atoms with Crippen LogP contribution < -0.4 is 4.72 Å². The zero-order valence-corrected chi connectivity index (χ0v) is 13.8. The summed E-state index contributed by atoms with van der Waals surface area (Å²) in [5.41, 5.74) is -0.0672. The Bertz CT molecular complexity index is 513. The molecule has 0 aliphatic carbocycles. The van der Waals surface area contributed by atoms with Crippen molar-refractivity contribution >= 4 is 21.4 Å². The van der Waals surface area contributed by atoms with Gasteiger partial charge >= 0.3 is 0 Å². The molecule has 19 heavy (non-hydrogen) atoms. The van der Waals surface area contributed by atoms with E-state index in [-0.39, 0.29) is 12.5 Å². The van der Waals surface area contributed by atoms with Crippen molar-refractivity contribution in [2.24, 2.45) is 5.92 Å². The van der Waals surface area contributed by atoms with Crippen molar-refractivity contribution in [3.63, 3.8) is 0 Å². The van der Waals surface area contributed by atoms with Gasteiger partial charge < -0.3 is 5.11 Å². The highest BCUT2D eigenvalue weighted by atomic mass is 32.2. The van der Waals surface area contributed by atoms with Crippen LogP contribution in [0.3, 0.4) is 0 Å². The second-order valence-corrected chi connectivity index (χ2v) is 8.55. The van der Waals surface area contributed by atoms with E-state index < -0.39 is 15.6 Å². The van der Waals surface area contributed by atoms with E-state index in [9.17, 15) is 13.5 Å². The number of hydrogen-bond acceptors (Lipinski definition) is 4. The monoisotopic (exact) mass is 305 g/mol. The highest BCUT2D eigenvalue weighted by Gasteiger charge is 2.29. The standard InChI is InChI=1S/C13H23NO3S2/c1-6-10(3)13(5,15)8-14-19(16,17)12-7-9(2)11(4)18-12/h7,10,14-15H,6,8H2,1-5H3. The second-order valence-electron chi connectivity index (χ2n) is 5.30. The van der Waals surface area contributed by atoms with Crippen LogP contribution in [0.5, 0.6) is 0 Å². The number of aliphatic hydroxyl groups is 1. The lowest BCUT2D eigenvalue weighted by molar-refractivity contribution is 0.0102. The minimum atomic E-state index is -3.53. The van der Waals surface area contributed by atoms with Gasteiger partial charge in [0.1, 0.15) is 4.21 Å². The van der Waals surface area contributed by atoms with Gasteiger partial charge in [0.05, 0.1) is 5.60 Å². The molecule has 0 aromatic carbocycles. The molecule has 0 fully saturated rings. The smallest absolute Gasteiger partial charge is 0.250 e. The predicted molar refractivity (Wildman–Crippen MR) is 79.1 cm³/mol. The fourth-order valence-corrected chi connectivity index (χ4v) is 4.30. The molecular formula is C13H23NO3S2. The molecular weight excluding hydrogens is 282 g/mol.